The molecule has 0 saturated heterocycles. The van der Waals surface area contributed by atoms with Gasteiger partial charge in [-0.15, -0.1) is 0 Å². The van der Waals surface area contributed by atoms with Crippen LogP contribution in [-0.4, -0.2) is 25.5 Å². The second-order valence-corrected chi connectivity index (χ2v) is 5.31. The highest BCUT2D eigenvalue weighted by atomic mass is 16.5. The lowest BCUT2D eigenvalue weighted by atomic mass is 9.68. The summed E-state index contributed by atoms with van der Waals surface area (Å²) >= 11 is 0. The molecule has 2 rings (SSSR count). The van der Waals surface area contributed by atoms with Gasteiger partial charge >= 0.3 is 5.97 Å². The number of esters is 1. The molecule has 1 amide bonds. The Bertz CT molecular complexity index is 530. The summed E-state index contributed by atoms with van der Waals surface area (Å²) in [6, 6.07) is 5.11. The standard InChI is InChI=1S/C15H20N2O3/c1-10-4-5-11(13(18)20-2)8-12(10)17-14(19)15(9-16)6-3-7-15/h4-5,8H,3,6-7,9,16H2,1-2H3,(H,17,19). The van der Waals surface area contributed by atoms with Gasteiger partial charge in [0.25, 0.3) is 0 Å². The minimum atomic E-state index is -0.437. The third-order valence-corrected chi connectivity index (χ3v) is 4.09. The fourth-order valence-corrected chi connectivity index (χ4v) is 2.38. The highest BCUT2D eigenvalue weighted by Gasteiger charge is 2.42. The predicted molar refractivity (Wildman–Crippen MR) is 76.5 cm³/mol. The lowest BCUT2D eigenvalue weighted by Gasteiger charge is -2.39. The van der Waals surface area contributed by atoms with E-state index in [-0.39, 0.29) is 5.91 Å². The van der Waals surface area contributed by atoms with E-state index in [1.807, 2.05) is 6.92 Å². The lowest BCUT2D eigenvalue weighted by molar-refractivity contribution is -0.129. The Morgan fingerprint density at radius 2 is 2.10 bits per heavy atom. The summed E-state index contributed by atoms with van der Waals surface area (Å²) in [4.78, 5) is 23.9. The van der Waals surface area contributed by atoms with Crippen molar-refractivity contribution < 1.29 is 14.3 Å². The molecule has 108 valence electrons. The maximum atomic E-state index is 12.3. The third-order valence-electron chi connectivity index (χ3n) is 4.09. The quantitative estimate of drug-likeness (QED) is 0.822. The molecule has 1 aliphatic rings. The average molecular weight is 276 g/mol. The number of carbonyl (C=O) groups is 2. The van der Waals surface area contributed by atoms with Crippen molar-refractivity contribution in [2.75, 3.05) is 19.0 Å². The molecule has 5 nitrogen and oxygen atoms in total. The van der Waals surface area contributed by atoms with Crippen molar-refractivity contribution in [3.05, 3.63) is 29.3 Å². The van der Waals surface area contributed by atoms with Crippen LogP contribution in [0.5, 0.6) is 0 Å². The summed E-state index contributed by atoms with van der Waals surface area (Å²) < 4.78 is 4.69. The second-order valence-electron chi connectivity index (χ2n) is 5.31. The Morgan fingerprint density at radius 3 is 2.60 bits per heavy atom. The molecular formula is C15H20N2O3. The minimum Gasteiger partial charge on any atom is -0.465 e. The summed E-state index contributed by atoms with van der Waals surface area (Å²) in [5, 5.41) is 2.90. The number of nitrogens with two attached hydrogens (primary N) is 1. The van der Waals surface area contributed by atoms with Crippen LogP contribution in [0.15, 0.2) is 18.2 Å². The van der Waals surface area contributed by atoms with Crippen LogP contribution in [0.4, 0.5) is 5.69 Å². The molecule has 0 spiro atoms. The molecule has 0 unspecified atom stereocenters. The molecule has 1 aliphatic carbocycles. The van der Waals surface area contributed by atoms with Crippen LogP contribution in [-0.2, 0) is 9.53 Å². The van der Waals surface area contributed by atoms with Crippen LogP contribution in [0, 0.1) is 12.3 Å². The fraction of sp³-hybridized carbons (Fsp3) is 0.467. The summed E-state index contributed by atoms with van der Waals surface area (Å²) in [6.45, 7) is 2.24. The number of ether oxygens (including phenoxy) is 1. The highest BCUT2D eigenvalue weighted by Crippen LogP contribution is 2.41. The molecule has 0 bridgehead atoms. The number of amides is 1. The Kier molecular flexibility index (Phi) is 4.09. The van der Waals surface area contributed by atoms with Crippen molar-refractivity contribution in [2.45, 2.75) is 26.2 Å². The van der Waals surface area contributed by atoms with Gasteiger partial charge in [0.05, 0.1) is 18.1 Å². The fourth-order valence-electron chi connectivity index (χ4n) is 2.38. The van der Waals surface area contributed by atoms with Crippen LogP contribution in [0.3, 0.4) is 0 Å². The van der Waals surface area contributed by atoms with Crippen molar-refractivity contribution in [2.24, 2.45) is 11.1 Å². The van der Waals surface area contributed by atoms with Crippen molar-refractivity contribution >= 4 is 17.6 Å². The van der Waals surface area contributed by atoms with E-state index in [1.165, 1.54) is 7.11 Å². The summed E-state index contributed by atoms with van der Waals surface area (Å²) in [7, 11) is 1.33. The molecule has 0 radical (unpaired) electrons. The highest BCUT2D eigenvalue weighted by molar-refractivity contribution is 5.98. The molecule has 1 aromatic rings. The van der Waals surface area contributed by atoms with Gasteiger partial charge in [0, 0.05) is 12.2 Å². The zero-order valence-corrected chi connectivity index (χ0v) is 11.9. The molecule has 0 atom stereocenters. The number of hydrogen-bond donors (Lipinski definition) is 2. The molecule has 1 saturated carbocycles. The van der Waals surface area contributed by atoms with Crippen molar-refractivity contribution in [3.8, 4) is 0 Å². The topological polar surface area (TPSA) is 81.4 Å². The smallest absolute Gasteiger partial charge is 0.337 e. The molecular weight excluding hydrogens is 256 g/mol. The summed E-state index contributed by atoms with van der Waals surface area (Å²) in [6.07, 6.45) is 2.68. The molecule has 0 heterocycles. The van der Waals surface area contributed by atoms with Gasteiger partial charge in [-0.05, 0) is 37.5 Å². The van der Waals surface area contributed by atoms with E-state index < -0.39 is 11.4 Å². The van der Waals surface area contributed by atoms with E-state index >= 15 is 0 Å². The lowest BCUT2D eigenvalue weighted by Crippen LogP contribution is -2.47. The number of methoxy groups -OCH3 is 1. The first kappa shape index (κ1) is 14.5. The first-order valence-electron chi connectivity index (χ1n) is 6.73. The van der Waals surface area contributed by atoms with Crippen LogP contribution in [0.1, 0.15) is 35.2 Å². The first-order valence-corrected chi connectivity index (χ1v) is 6.73. The maximum Gasteiger partial charge on any atom is 0.337 e. The molecule has 0 aliphatic heterocycles. The van der Waals surface area contributed by atoms with Gasteiger partial charge in [0.15, 0.2) is 0 Å². The minimum absolute atomic E-state index is 0.0589. The largest absolute Gasteiger partial charge is 0.465 e. The zero-order chi connectivity index (χ0) is 14.8. The van der Waals surface area contributed by atoms with E-state index in [0.717, 1.165) is 24.8 Å². The van der Waals surface area contributed by atoms with E-state index in [0.29, 0.717) is 17.8 Å². The number of rotatable bonds is 4. The van der Waals surface area contributed by atoms with Gasteiger partial charge in [-0.3, -0.25) is 4.79 Å². The van der Waals surface area contributed by atoms with Gasteiger partial charge in [-0.2, -0.15) is 0 Å². The normalized spacial score (nSPS) is 16.1. The number of hydrogen-bond acceptors (Lipinski definition) is 4. The molecule has 5 heteroatoms. The number of anilines is 1. The third kappa shape index (κ3) is 2.54. The number of nitrogens with one attached hydrogen (secondary N) is 1. The Balaban J connectivity index is 2.20. The van der Waals surface area contributed by atoms with Crippen LogP contribution in [0.25, 0.3) is 0 Å². The van der Waals surface area contributed by atoms with Gasteiger partial charge in [-0.25, -0.2) is 4.79 Å². The zero-order valence-electron chi connectivity index (χ0n) is 11.9. The first-order chi connectivity index (χ1) is 9.52. The van der Waals surface area contributed by atoms with E-state index in [1.54, 1.807) is 18.2 Å². The number of aryl methyl sites for hydroxylation is 1. The molecule has 1 fully saturated rings. The SMILES string of the molecule is COC(=O)c1ccc(C)c(NC(=O)C2(CN)CCC2)c1. The Labute approximate surface area is 118 Å². The van der Waals surface area contributed by atoms with Gasteiger partial charge in [0.2, 0.25) is 5.91 Å². The molecule has 3 N–H and O–H groups in total. The van der Waals surface area contributed by atoms with E-state index in [4.69, 9.17) is 5.73 Å². The number of carbonyl (C=O) groups excluding carboxylic acids is 2. The van der Waals surface area contributed by atoms with Gasteiger partial charge in [-0.1, -0.05) is 12.5 Å². The van der Waals surface area contributed by atoms with Gasteiger partial charge < -0.3 is 15.8 Å². The second kappa shape index (κ2) is 5.63. The van der Waals surface area contributed by atoms with Gasteiger partial charge in [0.1, 0.15) is 0 Å². The molecule has 20 heavy (non-hydrogen) atoms. The van der Waals surface area contributed by atoms with Crippen LogP contribution in [0.2, 0.25) is 0 Å². The summed E-state index contributed by atoms with van der Waals surface area (Å²) in [5.41, 5.74) is 7.25. The van der Waals surface area contributed by atoms with Crippen molar-refractivity contribution in [1.29, 1.82) is 0 Å². The average Bonchev–Trinajstić information content (AvgIpc) is 2.39. The van der Waals surface area contributed by atoms with Crippen LogP contribution >= 0.6 is 0 Å². The summed E-state index contributed by atoms with van der Waals surface area (Å²) in [5.74, 6) is -0.478. The van der Waals surface area contributed by atoms with E-state index in [9.17, 15) is 9.59 Å². The van der Waals surface area contributed by atoms with Crippen LogP contribution < -0.4 is 11.1 Å². The monoisotopic (exact) mass is 276 g/mol. The predicted octanol–water partition coefficient (Wildman–Crippen LogP) is 1.85. The van der Waals surface area contributed by atoms with E-state index in [2.05, 4.69) is 10.1 Å². The molecule has 0 aromatic heterocycles. The Hall–Kier alpha value is -1.88. The van der Waals surface area contributed by atoms with Crippen molar-refractivity contribution in [1.82, 2.24) is 0 Å². The number of benzene rings is 1. The van der Waals surface area contributed by atoms with Crippen molar-refractivity contribution in [3.63, 3.8) is 0 Å². The Morgan fingerprint density at radius 1 is 1.40 bits per heavy atom. The maximum absolute atomic E-state index is 12.3. The molecule has 1 aromatic carbocycles.